The van der Waals surface area contributed by atoms with Gasteiger partial charge in [0.2, 0.25) is 17.8 Å². The molecule has 31 heavy (non-hydrogen) atoms. The topological polar surface area (TPSA) is 90.5 Å². The largest absolute Gasteiger partial charge is 0.494 e. The molecule has 3 rings (SSSR count). The summed E-state index contributed by atoms with van der Waals surface area (Å²) in [7, 11) is 5.45. The summed E-state index contributed by atoms with van der Waals surface area (Å²) in [5.74, 6) is 1.03. The number of anilines is 4. The highest BCUT2D eigenvalue weighted by Gasteiger charge is 2.23. The molecule has 170 valence electrons. The number of methoxy groups -OCH3 is 1. The van der Waals surface area contributed by atoms with E-state index in [1.54, 1.807) is 12.1 Å². The summed E-state index contributed by atoms with van der Waals surface area (Å²) in [6.45, 7) is 6.66. The molecule has 3 N–H and O–H groups in total. The molecule has 2 aromatic rings. The monoisotopic (exact) mass is 432 g/mol. The van der Waals surface area contributed by atoms with Gasteiger partial charge >= 0.3 is 0 Å². The summed E-state index contributed by atoms with van der Waals surface area (Å²) < 4.78 is 19.0. The summed E-state index contributed by atoms with van der Waals surface area (Å²) in [6, 6.07) is 5.11. The Morgan fingerprint density at radius 2 is 1.90 bits per heavy atom. The molecule has 1 aromatic heterocycles. The van der Waals surface area contributed by atoms with E-state index in [0.717, 1.165) is 32.6 Å². The molecule has 10 heteroatoms. The first-order valence-corrected chi connectivity index (χ1v) is 10.7. The number of aromatic nitrogens is 3. The zero-order valence-electron chi connectivity index (χ0n) is 18.8. The Hall–Kier alpha value is -2.72. The van der Waals surface area contributed by atoms with Crippen molar-refractivity contribution in [2.24, 2.45) is 0 Å². The van der Waals surface area contributed by atoms with Crippen LogP contribution >= 0.6 is 0 Å². The van der Waals surface area contributed by atoms with Crippen LogP contribution in [0.4, 0.5) is 27.9 Å². The average molecular weight is 433 g/mol. The van der Waals surface area contributed by atoms with E-state index in [2.05, 4.69) is 47.6 Å². The van der Waals surface area contributed by atoms with Gasteiger partial charge < -0.3 is 25.6 Å². The molecule has 1 atom stereocenters. The second kappa shape index (κ2) is 11.1. The van der Waals surface area contributed by atoms with Gasteiger partial charge in [0.05, 0.1) is 7.11 Å². The first-order chi connectivity index (χ1) is 15.0. The standard InChI is InChI=1S/C21H33FN8O/c1-5-30-11-6-7-16(30)14-24-20-26-19(23-10-12-29(2)3)27-21(28-20)25-15-8-9-18(31-4)17(22)13-15/h8-9,13,16H,5-7,10-12,14H2,1-4H3,(H3,23,24,25,26,27,28). The minimum absolute atomic E-state index is 0.187. The molecule has 1 fully saturated rings. The minimum atomic E-state index is -0.454. The lowest BCUT2D eigenvalue weighted by molar-refractivity contribution is 0.277. The molecule has 0 aliphatic carbocycles. The van der Waals surface area contributed by atoms with E-state index in [9.17, 15) is 4.39 Å². The van der Waals surface area contributed by atoms with Gasteiger partial charge in [0.1, 0.15) is 0 Å². The van der Waals surface area contributed by atoms with E-state index in [1.165, 1.54) is 19.6 Å². The van der Waals surface area contributed by atoms with Gasteiger partial charge in [0.15, 0.2) is 11.6 Å². The number of benzene rings is 1. The van der Waals surface area contributed by atoms with Crippen LogP contribution in [0.1, 0.15) is 19.8 Å². The number of hydrogen-bond acceptors (Lipinski definition) is 9. The lowest BCUT2D eigenvalue weighted by atomic mass is 10.2. The Morgan fingerprint density at radius 3 is 2.58 bits per heavy atom. The van der Waals surface area contributed by atoms with Gasteiger partial charge in [0, 0.05) is 37.4 Å². The lowest BCUT2D eigenvalue weighted by Gasteiger charge is -2.23. The van der Waals surface area contributed by atoms with Crippen molar-refractivity contribution in [1.29, 1.82) is 0 Å². The fourth-order valence-electron chi connectivity index (χ4n) is 3.61. The smallest absolute Gasteiger partial charge is 0.233 e. The van der Waals surface area contributed by atoms with Crippen molar-refractivity contribution in [3.05, 3.63) is 24.0 Å². The second-order valence-electron chi connectivity index (χ2n) is 7.82. The van der Waals surface area contributed by atoms with Crippen LogP contribution < -0.4 is 20.7 Å². The SMILES string of the molecule is CCN1CCCC1CNc1nc(NCCN(C)C)nc(Nc2ccc(OC)c(F)c2)n1. The fourth-order valence-corrected chi connectivity index (χ4v) is 3.61. The van der Waals surface area contributed by atoms with Crippen LogP contribution in [0.25, 0.3) is 0 Å². The van der Waals surface area contributed by atoms with Crippen LogP contribution in [0, 0.1) is 5.82 Å². The third-order valence-electron chi connectivity index (χ3n) is 5.29. The predicted molar refractivity (Wildman–Crippen MR) is 122 cm³/mol. The van der Waals surface area contributed by atoms with Crippen molar-refractivity contribution in [2.45, 2.75) is 25.8 Å². The number of ether oxygens (including phenoxy) is 1. The van der Waals surface area contributed by atoms with Crippen molar-refractivity contribution < 1.29 is 9.13 Å². The van der Waals surface area contributed by atoms with E-state index in [0.29, 0.717) is 36.1 Å². The number of hydrogen-bond donors (Lipinski definition) is 3. The van der Waals surface area contributed by atoms with Gasteiger partial charge in [-0.15, -0.1) is 0 Å². The highest BCUT2D eigenvalue weighted by molar-refractivity contribution is 5.57. The second-order valence-corrected chi connectivity index (χ2v) is 7.82. The van der Waals surface area contributed by atoms with Gasteiger partial charge in [-0.1, -0.05) is 6.92 Å². The average Bonchev–Trinajstić information content (AvgIpc) is 3.20. The first kappa shape index (κ1) is 23.0. The Labute approximate surface area is 183 Å². The summed E-state index contributed by atoms with van der Waals surface area (Å²) in [5, 5.41) is 9.65. The van der Waals surface area contributed by atoms with Crippen LogP contribution in [0.15, 0.2) is 18.2 Å². The van der Waals surface area contributed by atoms with Crippen molar-refractivity contribution in [1.82, 2.24) is 24.8 Å². The number of likely N-dealkylation sites (tertiary alicyclic amines) is 1. The first-order valence-electron chi connectivity index (χ1n) is 10.7. The van der Waals surface area contributed by atoms with Crippen LogP contribution in [0.5, 0.6) is 5.75 Å². The van der Waals surface area contributed by atoms with Crippen LogP contribution in [0.2, 0.25) is 0 Å². The molecule has 0 bridgehead atoms. The molecule has 9 nitrogen and oxygen atoms in total. The van der Waals surface area contributed by atoms with E-state index in [4.69, 9.17) is 4.74 Å². The summed E-state index contributed by atoms with van der Waals surface area (Å²) in [6.07, 6.45) is 2.38. The number of rotatable bonds is 11. The zero-order valence-corrected chi connectivity index (χ0v) is 18.8. The predicted octanol–water partition coefficient (Wildman–Crippen LogP) is 2.63. The minimum Gasteiger partial charge on any atom is -0.494 e. The molecule has 1 aliphatic rings. The van der Waals surface area contributed by atoms with Crippen molar-refractivity contribution in [3.8, 4) is 5.75 Å². The fraction of sp³-hybridized carbons (Fsp3) is 0.571. The Balaban J connectivity index is 1.74. The molecular formula is C21H33FN8O. The van der Waals surface area contributed by atoms with E-state index < -0.39 is 5.82 Å². The van der Waals surface area contributed by atoms with Crippen LogP contribution in [-0.2, 0) is 0 Å². The molecule has 0 saturated carbocycles. The zero-order chi connectivity index (χ0) is 22.2. The van der Waals surface area contributed by atoms with E-state index >= 15 is 0 Å². The third-order valence-corrected chi connectivity index (χ3v) is 5.29. The number of likely N-dealkylation sites (N-methyl/N-ethyl adjacent to an activating group) is 2. The van der Waals surface area contributed by atoms with Gasteiger partial charge in [-0.3, -0.25) is 4.90 Å². The molecule has 1 saturated heterocycles. The van der Waals surface area contributed by atoms with Crippen LogP contribution in [0.3, 0.4) is 0 Å². The lowest BCUT2D eigenvalue weighted by Crippen LogP contribution is -2.35. The summed E-state index contributed by atoms with van der Waals surface area (Å²) in [5.41, 5.74) is 0.530. The maximum atomic E-state index is 14.1. The van der Waals surface area contributed by atoms with Crippen molar-refractivity contribution in [3.63, 3.8) is 0 Å². The quantitative estimate of drug-likeness (QED) is 0.496. The molecule has 0 spiro atoms. The van der Waals surface area contributed by atoms with Gasteiger partial charge in [0.25, 0.3) is 0 Å². The molecule has 0 radical (unpaired) electrons. The molecule has 0 amide bonds. The van der Waals surface area contributed by atoms with E-state index in [1.807, 2.05) is 14.1 Å². The Bertz CT molecular complexity index is 850. The summed E-state index contributed by atoms with van der Waals surface area (Å²) >= 11 is 0. The molecule has 2 heterocycles. The van der Waals surface area contributed by atoms with Crippen LogP contribution in [-0.4, -0.2) is 84.7 Å². The highest BCUT2D eigenvalue weighted by Crippen LogP contribution is 2.23. The normalized spacial score (nSPS) is 16.5. The third kappa shape index (κ3) is 6.63. The molecule has 1 aliphatic heterocycles. The Kier molecular flexibility index (Phi) is 8.19. The van der Waals surface area contributed by atoms with E-state index in [-0.39, 0.29) is 5.75 Å². The molecular weight excluding hydrogens is 399 g/mol. The summed E-state index contributed by atoms with van der Waals surface area (Å²) in [4.78, 5) is 18.0. The van der Waals surface area contributed by atoms with Gasteiger partial charge in [-0.2, -0.15) is 15.0 Å². The van der Waals surface area contributed by atoms with Gasteiger partial charge in [-0.05, 0) is 52.2 Å². The maximum absolute atomic E-state index is 14.1. The van der Waals surface area contributed by atoms with Crippen molar-refractivity contribution in [2.75, 3.05) is 69.9 Å². The number of nitrogens with one attached hydrogen (secondary N) is 3. The molecule has 1 aromatic carbocycles. The Morgan fingerprint density at radius 1 is 1.16 bits per heavy atom. The maximum Gasteiger partial charge on any atom is 0.233 e. The van der Waals surface area contributed by atoms with Gasteiger partial charge in [-0.25, -0.2) is 4.39 Å². The number of halogens is 1. The molecule has 1 unspecified atom stereocenters. The highest BCUT2D eigenvalue weighted by atomic mass is 19.1. The van der Waals surface area contributed by atoms with Crippen molar-refractivity contribution >= 4 is 23.5 Å². The number of nitrogens with zero attached hydrogens (tertiary/aromatic N) is 5.